The maximum absolute atomic E-state index is 6.27. The number of alkyl halides is 3. The maximum Gasteiger partial charge on any atom is 0.218 e. The van der Waals surface area contributed by atoms with Crippen molar-refractivity contribution in [1.82, 2.24) is 0 Å². The second-order valence-electron chi connectivity index (χ2n) is 7.11. The Balaban J connectivity index is 2.98. The molecule has 0 heterocycles. The van der Waals surface area contributed by atoms with Crippen LogP contribution in [0.4, 0.5) is 0 Å². The van der Waals surface area contributed by atoms with Crippen LogP contribution in [0.1, 0.15) is 31.9 Å². The Bertz CT molecular complexity index is 510. The van der Waals surface area contributed by atoms with E-state index in [1.54, 1.807) is 0 Å². The molecule has 0 aliphatic heterocycles. The fourth-order valence-electron chi connectivity index (χ4n) is 1.59. The van der Waals surface area contributed by atoms with E-state index in [1.807, 2.05) is 24.3 Å². The van der Waals surface area contributed by atoms with E-state index in [4.69, 9.17) is 39.2 Å². The van der Waals surface area contributed by atoms with Crippen molar-refractivity contribution in [1.29, 1.82) is 0 Å². The third-order valence-corrected chi connectivity index (χ3v) is 9.19. The topological polar surface area (TPSA) is 9.23 Å². The highest BCUT2D eigenvalue weighted by Crippen LogP contribution is 2.42. The standard InChI is InChI=1S/C17H25Cl3OSi/c1-13-7-9-14(10-8-13)11-12-15(17(18,19)20)21-22(5,6)16(2,3)4/h7-12,15H,1-6H3/b12-11+/t15-/m1/s1. The first-order valence-corrected chi connectivity index (χ1v) is 11.4. The van der Waals surface area contributed by atoms with Gasteiger partial charge in [-0.05, 0) is 30.6 Å². The predicted octanol–water partition coefficient (Wildman–Crippen LogP) is 6.77. The summed E-state index contributed by atoms with van der Waals surface area (Å²) in [5.41, 5.74) is 2.27. The SMILES string of the molecule is Cc1ccc(/C=C/[C@@H](O[Si](C)(C)C(C)(C)C)C(Cl)(Cl)Cl)cc1. The van der Waals surface area contributed by atoms with Gasteiger partial charge in [-0.2, -0.15) is 0 Å². The fourth-order valence-corrected chi connectivity index (χ4v) is 3.41. The van der Waals surface area contributed by atoms with Crippen LogP contribution in [0.15, 0.2) is 30.3 Å². The third-order valence-electron chi connectivity index (χ3n) is 4.09. The molecule has 0 amide bonds. The summed E-state index contributed by atoms with van der Waals surface area (Å²) in [5, 5.41) is 0.0544. The Kier molecular flexibility index (Phi) is 6.63. The molecule has 5 heteroatoms. The molecule has 0 fully saturated rings. The molecular weight excluding hydrogens is 355 g/mol. The zero-order chi connectivity index (χ0) is 17.2. The molecule has 1 atom stereocenters. The lowest BCUT2D eigenvalue weighted by atomic mass is 10.1. The molecule has 0 aliphatic carbocycles. The van der Waals surface area contributed by atoms with Crippen molar-refractivity contribution < 1.29 is 4.43 Å². The second-order valence-corrected chi connectivity index (χ2v) is 14.2. The second kappa shape index (κ2) is 7.27. The average molecular weight is 380 g/mol. The lowest BCUT2D eigenvalue weighted by molar-refractivity contribution is 0.229. The largest absolute Gasteiger partial charge is 0.406 e. The Morgan fingerprint density at radius 3 is 1.95 bits per heavy atom. The van der Waals surface area contributed by atoms with Crippen molar-refractivity contribution in [2.24, 2.45) is 0 Å². The number of halogens is 3. The van der Waals surface area contributed by atoms with Gasteiger partial charge in [0, 0.05) is 0 Å². The van der Waals surface area contributed by atoms with Gasteiger partial charge in [-0.3, -0.25) is 0 Å². The van der Waals surface area contributed by atoms with Crippen LogP contribution < -0.4 is 0 Å². The van der Waals surface area contributed by atoms with E-state index < -0.39 is 18.2 Å². The van der Waals surface area contributed by atoms with E-state index in [0.29, 0.717) is 0 Å². The van der Waals surface area contributed by atoms with Gasteiger partial charge in [0.2, 0.25) is 3.79 Å². The summed E-state index contributed by atoms with van der Waals surface area (Å²) in [7, 11) is -2.03. The monoisotopic (exact) mass is 378 g/mol. The van der Waals surface area contributed by atoms with Crippen molar-refractivity contribution in [2.45, 2.75) is 55.7 Å². The van der Waals surface area contributed by atoms with Crippen LogP contribution in [0.25, 0.3) is 6.08 Å². The zero-order valence-corrected chi connectivity index (χ0v) is 17.4. The van der Waals surface area contributed by atoms with Gasteiger partial charge in [-0.1, -0.05) is 97.6 Å². The number of hydrogen-bond donors (Lipinski definition) is 0. The molecule has 0 saturated heterocycles. The average Bonchev–Trinajstić information content (AvgIpc) is 2.33. The molecule has 1 nitrogen and oxygen atoms in total. The summed E-state index contributed by atoms with van der Waals surface area (Å²) in [6.07, 6.45) is 3.22. The van der Waals surface area contributed by atoms with Gasteiger partial charge in [0.25, 0.3) is 0 Å². The summed E-state index contributed by atoms with van der Waals surface area (Å²) >= 11 is 18.4. The molecule has 0 saturated carbocycles. The van der Waals surface area contributed by atoms with Crippen LogP contribution in [0.3, 0.4) is 0 Å². The van der Waals surface area contributed by atoms with Gasteiger partial charge in [-0.25, -0.2) is 0 Å². The van der Waals surface area contributed by atoms with Gasteiger partial charge >= 0.3 is 0 Å². The maximum atomic E-state index is 6.27. The Hall–Kier alpha value is 0.00688. The summed E-state index contributed by atoms with van der Waals surface area (Å²) < 4.78 is 4.78. The zero-order valence-electron chi connectivity index (χ0n) is 14.1. The lowest BCUT2D eigenvalue weighted by Gasteiger charge is -2.40. The molecular formula is C17H25Cl3OSi. The van der Waals surface area contributed by atoms with E-state index in [0.717, 1.165) is 5.56 Å². The molecule has 1 aromatic rings. The quantitative estimate of drug-likeness (QED) is 0.414. The van der Waals surface area contributed by atoms with Crippen LogP contribution in [-0.4, -0.2) is 18.2 Å². The van der Waals surface area contributed by atoms with Crippen LogP contribution in [-0.2, 0) is 4.43 Å². The van der Waals surface area contributed by atoms with E-state index in [2.05, 4.69) is 52.9 Å². The van der Waals surface area contributed by atoms with Crippen molar-refractivity contribution in [3.63, 3.8) is 0 Å². The predicted molar refractivity (Wildman–Crippen MR) is 103 cm³/mol. The molecule has 0 aliphatic rings. The van der Waals surface area contributed by atoms with Gasteiger partial charge in [0.05, 0.1) is 0 Å². The van der Waals surface area contributed by atoms with Crippen LogP contribution in [0, 0.1) is 6.92 Å². The van der Waals surface area contributed by atoms with Crippen molar-refractivity contribution in [2.75, 3.05) is 0 Å². The Morgan fingerprint density at radius 1 is 1.05 bits per heavy atom. The smallest absolute Gasteiger partial charge is 0.218 e. The van der Waals surface area contributed by atoms with Crippen molar-refractivity contribution >= 4 is 49.2 Å². The summed E-state index contributed by atoms with van der Waals surface area (Å²) in [4.78, 5) is 0. The van der Waals surface area contributed by atoms with E-state index in [-0.39, 0.29) is 5.04 Å². The first-order valence-electron chi connectivity index (χ1n) is 7.32. The van der Waals surface area contributed by atoms with Crippen LogP contribution in [0.5, 0.6) is 0 Å². The number of rotatable bonds is 4. The Morgan fingerprint density at radius 2 is 1.55 bits per heavy atom. The van der Waals surface area contributed by atoms with Gasteiger partial charge < -0.3 is 4.43 Å². The Labute approximate surface area is 150 Å². The highest BCUT2D eigenvalue weighted by atomic mass is 35.6. The van der Waals surface area contributed by atoms with Crippen LogP contribution >= 0.6 is 34.8 Å². The fraction of sp³-hybridized carbons (Fsp3) is 0.529. The third kappa shape index (κ3) is 5.90. The molecule has 124 valence electrons. The molecule has 0 aromatic heterocycles. The normalized spacial score (nSPS) is 15.3. The molecule has 22 heavy (non-hydrogen) atoms. The van der Waals surface area contributed by atoms with Gasteiger partial charge in [-0.15, -0.1) is 0 Å². The molecule has 0 bridgehead atoms. The minimum atomic E-state index is -2.03. The van der Waals surface area contributed by atoms with Gasteiger partial charge in [0.15, 0.2) is 8.32 Å². The molecule has 1 aromatic carbocycles. The summed E-state index contributed by atoms with van der Waals surface area (Å²) in [6, 6.07) is 8.18. The van der Waals surface area contributed by atoms with E-state index >= 15 is 0 Å². The van der Waals surface area contributed by atoms with Crippen molar-refractivity contribution in [3.8, 4) is 0 Å². The van der Waals surface area contributed by atoms with Gasteiger partial charge in [0.1, 0.15) is 6.10 Å². The molecule has 0 radical (unpaired) electrons. The van der Waals surface area contributed by atoms with Crippen molar-refractivity contribution in [3.05, 3.63) is 41.5 Å². The van der Waals surface area contributed by atoms with Crippen LogP contribution in [0.2, 0.25) is 18.1 Å². The minimum Gasteiger partial charge on any atom is -0.406 e. The molecule has 0 unspecified atom stereocenters. The highest BCUT2D eigenvalue weighted by molar-refractivity contribution is 6.74. The summed E-state index contributed by atoms with van der Waals surface area (Å²) in [6.45, 7) is 12.8. The first kappa shape index (κ1) is 20.1. The first-order chi connectivity index (χ1) is 9.83. The van der Waals surface area contributed by atoms with E-state index in [1.165, 1.54) is 5.56 Å². The number of benzene rings is 1. The molecule has 0 spiro atoms. The van der Waals surface area contributed by atoms with E-state index in [9.17, 15) is 0 Å². The lowest BCUT2D eigenvalue weighted by Crippen LogP contribution is -2.46. The minimum absolute atomic E-state index is 0.0544. The number of hydrogen-bond acceptors (Lipinski definition) is 1. The molecule has 1 rings (SSSR count). The summed E-state index contributed by atoms with van der Waals surface area (Å²) in [5.74, 6) is 0. The molecule has 0 N–H and O–H groups in total. The number of aryl methyl sites for hydroxylation is 1. The highest BCUT2D eigenvalue weighted by Gasteiger charge is 2.43.